The van der Waals surface area contributed by atoms with Gasteiger partial charge in [-0.05, 0) is 32.9 Å². The zero-order valence-electron chi connectivity index (χ0n) is 17.6. The van der Waals surface area contributed by atoms with E-state index in [9.17, 15) is 9.18 Å². The van der Waals surface area contributed by atoms with Crippen molar-refractivity contribution in [1.29, 1.82) is 0 Å². The molecule has 0 bridgehead atoms. The number of aromatic nitrogens is 2. The Hall–Kier alpha value is -3.33. The summed E-state index contributed by atoms with van der Waals surface area (Å²) in [5.41, 5.74) is 2.49. The number of nitrogens with zero attached hydrogens (tertiary/aromatic N) is 3. The molecule has 0 aliphatic carbocycles. The topological polar surface area (TPSA) is 80.1 Å². The monoisotopic (exact) mass is 425 g/mol. The molecular weight excluding hydrogens is 401 g/mol. The van der Waals surface area contributed by atoms with Crippen molar-refractivity contribution < 1.29 is 18.7 Å². The summed E-state index contributed by atoms with van der Waals surface area (Å²) in [4.78, 5) is 19.4. The number of benzene rings is 1. The molecule has 2 aromatic heterocycles. The highest BCUT2D eigenvalue weighted by Crippen LogP contribution is 2.44. The molecule has 1 aromatic carbocycles. The zero-order chi connectivity index (χ0) is 21.7. The Morgan fingerprint density at radius 3 is 2.71 bits per heavy atom. The van der Waals surface area contributed by atoms with E-state index in [0.29, 0.717) is 40.5 Å². The average molecular weight is 425 g/mol. The number of ether oxygens (including phenoxy) is 2. The van der Waals surface area contributed by atoms with Gasteiger partial charge >= 0.3 is 0 Å². The van der Waals surface area contributed by atoms with E-state index >= 15 is 0 Å². The summed E-state index contributed by atoms with van der Waals surface area (Å²) >= 11 is 0. The van der Waals surface area contributed by atoms with Crippen molar-refractivity contribution >= 4 is 22.9 Å². The van der Waals surface area contributed by atoms with Gasteiger partial charge in [0.2, 0.25) is 6.79 Å². The minimum Gasteiger partial charge on any atom is -0.453 e. The van der Waals surface area contributed by atoms with Gasteiger partial charge in [0.25, 0.3) is 5.91 Å². The van der Waals surface area contributed by atoms with Gasteiger partial charge in [0.15, 0.2) is 23.0 Å². The third kappa shape index (κ3) is 3.54. The maximum absolute atomic E-state index is 14.4. The minimum absolute atomic E-state index is 0.0543. The van der Waals surface area contributed by atoms with E-state index in [-0.39, 0.29) is 12.4 Å². The molecule has 5 rings (SSSR count). The SMILES string of the molecule is Cc1cn2cc(NC(=O)c3ccc(N4CC(C)NC(C)C4)c4c3OCO4)cc(F)c2n1. The number of amides is 1. The predicted molar refractivity (Wildman–Crippen MR) is 115 cm³/mol. The lowest BCUT2D eigenvalue weighted by Gasteiger charge is -2.38. The van der Waals surface area contributed by atoms with Gasteiger partial charge in [-0.3, -0.25) is 4.79 Å². The number of pyridine rings is 1. The van der Waals surface area contributed by atoms with Crippen molar-refractivity contribution in [2.75, 3.05) is 30.1 Å². The molecule has 2 aliphatic rings. The molecule has 1 amide bonds. The van der Waals surface area contributed by atoms with Gasteiger partial charge in [0, 0.05) is 43.6 Å². The fourth-order valence-corrected chi connectivity index (χ4v) is 4.38. The molecule has 0 spiro atoms. The maximum Gasteiger partial charge on any atom is 0.259 e. The van der Waals surface area contributed by atoms with E-state index < -0.39 is 11.7 Å². The van der Waals surface area contributed by atoms with Crippen LogP contribution >= 0.6 is 0 Å². The summed E-state index contributed by atoms with van der Waals surface area (Å²) in [6, 6.07) is 5.54. The van der Waals surface area contributed by atoms with Gasteiger partial charge in [-0.15, -0.1) is 0 Å². The first-order chi connectivity index (χ1) is 14.9. The summed E-state index contributed by atoms with van der Waals surface area (Å²) in [6.45, 7) is 7.77. The summed E-state index contributed by atoms with van der Waals surface area (Å²) in [7, 11) is 0. The molecule has 3 aromatic rings. The summed E-state index contributed by atoms with van der Waals surface area (Å²) in [5, 5.41) is 6.26. The molecule has 2 unspecified atom stereocenters. The standard InChI is InChI=1S/C22H24FN5O3/c1-12-7-27(8-13(2)24-12)18-5-4-16(19-20(18)31-11-30-19)22(29)26-15-6-17(23)21-25-14(3)9-28(21)10-15/h4-6,9-10,12-13,24H,7-8,11H2,1-3H3,(H,26,29). The fourth-order valence-electron chi connectivity index (χ4n) is 4.38. The van der Waals surface area contributed by atoms with E-state index in [1.807, 2.05) is 6.07 Å². The van der Waals surface area contributed by atoms with Crippen LogP contribution < -0.4 is 25.0 Å². The molecule has 9 heteroatoms. The van der Waals surface area contributed by atoms with Gasteiger partial charge in [-0.1, -0.05) is 0 Å². The molecule has 0 radical (unpaired) electrons. The summed E-state index contributed by atoms with van der Waals surface area (Å²) in [5.74, 6) is 0.0774. The van der Waals surface area contributed by atoms with Crippen molar-refractivity contribution in [3.05, 3.63) is 47.7 Å². The minimum atomic E-state index is -0.506. The highest BCUT2D eigenvalue weighted by atomic mass is 19.1. The molecule has 0 saturated carbocycles. The van der Waals surface area contributed by atoms with Crippen LogP contribution in [0.15, 0.2) is 30.6 Å². The lowest BCUT2D eigenvalue weighted by molar-refractivity contribution is 0.102. The number of nitrogens with one attached hydrogen (secondary N) is 2. The quantitative estimate of drug-likeness (QED) is 0.672. The van der Waals surface area contributed by atoms with Crippen LogP contribution in [0.5, 0.6) is 11.5 Å². The Morgan fingerprint density at radius 1 is 1.19 bits per heavy atom. The molecule has 31 heavy (non-hydrogen) atoms. The molecule has 1 saturated heterocycles. The third-order valence-corrected chi connectivity index (χ3v) is 5.53. The number of hydrogen-bond donors (Lipinski definition) is 2. The second-order valence-corrected chi connectivity index (χ2v) is 8.21. The lowest BCUT2D eigenvalue weighted by atomic mass is 10.1. The van der Waals surface area contributed by atoms with Crippen LogP contribution in [-0.2, 0) is 0 Å². The molecule has 2 aliphatic heterocycles. The number of halogens is 1. The molecule has 8 nitrogen and oxygen atoms in total. The predicted octanol–water partition coefficient (Wildman–Crippen LogP) is 2.95. The first-order valence-electron chi connectivity index (χ1n) is 10.3. The molecule has 2 atom stereocenters. The Balaban J connectivity index is 1.44. The molecular formula is C22H24FN5O3. The van der Waals surface area contributed by atoms with E-state index in [2.05, 4.69) is 34.4 Å². The van der Waals surface area contributed by atoms with Crippen molar-refractivity contribution in [2.24, 2.45) is 0 Å². The van der Waals surface area contributed by atoms with E-state index in [0.717, 1.165) is 18.8 Å². The van der Waals surface area contributed by atoms with Crippen LogP contribution in [0.25, 0.3) is 5.65 Å². The number of hydrogen-bond acceptors (Lipinski definition) is 6. The van der Waals surface area contributed by atoms with Crippen molar-refractivity contribution in [1.82, 2.24) is 14.7 Å². The normalized spacial score (nSPS) is 20.3. The van der Waals surface area contributed by atoms with Gasteiger partial charge in [0.05, 0.1) is 22.6 Å². The Kier molecular flexibility index (Phi) is 4.70. The first kappa shape index (κ1) is 19.6. The van der Waals surface area contributed by atoms with E-state index in [1.54, 1.807) is 29.8 Å². The molecule has 4 heterocycles. The number of carbonyl (C=O) groups is 1. The maximum atomic E-state index is 14.4. The smallest absolute Gasteiger partial charge is 0.259 e. The second kappa shape index (κ2) is 7.42. The van der Waals surface area contributed by atoms with Gasteiger partial charge in [-0.25, -0.2) is 9.37 Å². The number of carbonyl (C=O) groups excluding carboxylic acids is 1. The van der Waals surface area contributed by atoms with Gasteiger partial charge < -0.3 is 29.4 Å². The Labute approximate surface area is 179 Å². The Morgan fingerprint density at radius 2 is 1.94 bits per heavy atom. The highest BCUT2D eigenvalue weighted by Gasteiger charge is 2.30. The second-order valence-electron chi connectivity index (χ2n) is 8.21. The number of aryl methyl sites for hydroxylation is 1. The number of imidazole rings is 1. The largest absolute Gasteiger partial charge is 0.453 e. The van der Waals surface area contributed by atoms with E-state index in [1.165, 1.54) is 6.07 Å². The average Bonchev–Trinajstić information content (AvgIpc) is 3.33. The van der Waals surface area contributed by atoms with Crippen LogP contribution in [0.2, 0.25) is 0 Å². The van der Waals surface area contributed by atoms with Crippen LogP contribution in [0.3, 0.4) is 0 Å². The Bertz CT molecular complexity index is 1170. The summed E-state index contributed by atoms with van der Waals surface area (Å²) in [6.07, 6.45) is 3.33. The number of anilines is 2. The zero-order valence-corrected chi connectivity index (χ0v) is 17.6. The van der Waals surface area contributed by atoms with Crippen LogP contribution in [0.4, 0.5) is 15.8 Å². The van der Waals surface area contributed by atoms with E-state index in [4.69, 9.17) is 9.47 Å². The number of rotatable bonds is 3. The van der Waals surface area contributed by atoms with Crippen LogP contribution in [0.1, 0.15) is 29.9 Å². The van der Waals surface area contributed by atoms with Crippen LogP contribution in [0, 0.1) is 12.7 Å². The van der Waals surface area contributed by atoms with Crippen LogP contribution in [-0.4, -0.2) is 47.3 Å². The first-order valence-corrected chi connectivity index (χ1v) is 10.3. The van der Waals surface area contributed by atoms with Gasteiger partial charge in [0.1, 0.15) is 0 Å². The third-order valence-electron chi connectivity index (χ3n) is 5.53. The lowest BCUT2D eigenvalue weighted by Crippen LogP contribution is -2.54. The molecule has 2 N–H and O–H groups in total. The number of piperazine rings is 1. The number of fused-ring (bicyclic) bond motifs is 2. The summed E-state index contributed by atoms with van der Waals surface area (Å²) < 4.78 is 27.3. The van der Waals surface area contributed by atoms with Crippen molar-refractivity contribution in [2.45, 2.75) is 32.9 Å². The molecule has 1 fully saturated rings. The van der Waals surface area contributed by atoms with Crippen molar-refractivity contribution in [3.63, 3.8) is 0 Å². The highest BCUT2D eigenvalue weighted by molar-refractivity contribution is 6.07. The fraction of sp³-hybridized carbons (Fsp3) is 0.364. The molecule has 162 valence electrons. The van der Waals surface area contributed by atoms with Gasteiger partial charge in [-0.2, -0.15) is 0 Å². The van der Waals surface area contributed by atoms with Crippen molar-refractivity contribution in [3.8, 4) is 11.5 Å².